The first-order valence-electron chi connectivity index (χ1n) is 12.4. The maximum absolute atomic E-state index is 15.2. The van der Waals surface area contributed by atoms with Gasteiger partial charge in [-0.25, -0.2) is 28.8 Å². The van der Waals surface area contributed by atoms with Crippen molar-refractivity contribution in [3.63, 3.8) is 0 Å². The zero-order chi connectivity index (χ0) is 27.8. The summed E-state index contributed by atoms with van der Waals surface area (Å²) in [5.74, 6) is 0.917. The SMILES string of the molecule is C=CC(=O)N1CCN(c2ccc3ncnc(Nc4cc(Cl)c(Oc5ccn6ncnc6c5)cc4F)c3n2)C[C@@H]1C. The third-order valence-corrected chi connectivity index (χ3v) is 6.93. The Hall–Kier alpha value is -4.84. The number of hydrogen-bond donors (Lipinski definition) is 1. The van der Waals surface area contributed by atoms with Gasteiger partial charge in [0.15, 0.2) is 11.5 Å². The quantitative estimate of drug-likeness (QED) is 0.298. The molecule has 1 N–H and O–H groups in total. The molecule has 1 atom stereocenters. The van der Waals surface area contributed by atoms with Gasteiger partial charge in [0.05, 0.1) is 16.2 Å². The van der Waals surface area contributed by atoms with E-state index < -0.39 is 5.82 Å². The van der Waals surface area contributed by atoms with Crippen LogP contribution in [0.1, 0.15) is 6.92 Å². The Balaban J connectivity index is 1.25. The van der Waals surface area contributed by atoms with Crippen molar-refractivity contribution in [1.82, 2.24) is 34.4 Å². The van der Waals surface area contributed by atoms with Crippen LogP contribution in [0, 0.1) is 5.82 Å². The Morgan fingerprint density at radius 3 is 2.88 bits per heavy atom. The number of hydrogen-bond acceptors (Lipinski definition) is 9. The lowest BCUT2D eigenvalue weighted by molar-refractivity contribution is -0.128. The number of ether oxygens (including phenoxy) is 1. The minimum Gasteiger partial charge on any atom is -0.455 e. The maximum atomic E-state index is 15.2. The monoisotopic (exact) mass is 559 g/mol. The number of piperazine rings is 1. The highest BCUT2D eigenvalue weighted by Crippen LogP contribution is 2.35. The summed E-state index contributed by atoms with van der Waals surface area (Å²) < 4.78 is 22.6. The zero-order valence-electron chi connectivity index (χ0n) is 21.3. The number of benzene rings is 1. The number of halogens is 2. The Bertz CT molecular complexity index is 1760. The molecule has 202 valence electrons. The fraction of sp³-hybridized carbons (Fsp3) is 0.185. The number of amides is 1. The molecule has 0 radical (unpaired) electrons. The van der Waals surface area contributed by atoms with Crippen LogP contribution < -0.4 is 15.0 Å². The lowest BCUT2D eigenvalue weighted by Gasteiger charge is -2.40. The van der Waals surface area contributed by atoms with Gasteiger partial charge < -0.3 is 19.9 Å². The number of aromatic nitrogens is 6. The van der Waals surface area contributed by atoms with Crippen LogP contribution in [-0.2, 0) is 4.79 Å². The first-order valence-corrected chi connectivity index (χ1v) is 12.8. The zero-order valence-corrected chi connectivity index (χ0v) is 22.1. The van der Waals surface area contributed by atoms with Gasteiger partial charge in [-0.1, -0.05) is 18.2 Å². The van der Waals surface area contributed by atoms with Crippen LogP contribution in [-0.4, -0.2) is 66.0 Å². The third-order valence-electron chi connectivity index (χ3n) is 6.63. The molecule has 0 bridgehead atoms. The number of fused-ring (bicyclic) bond motifs is 2. The van der Waals surface area contributed by atoms with Gasteiger partial charge >= 0.3 is 0 Å². The van der Waals surface area contributed by atoms with Crippen LogP contribution in [0.2, 0.25) is 5.02 Å². The van der Waals surface area contributed by atoms with E-state index in [4.69, 9.17) is 21.3 Å². The van der Waals surface area contributed by atoms with Gasteiger partial charge in [0.1, 0.15) is 41.3 Å². The van der Waals surface area contributed by atoms with Crippen LogP contribution in [0.3, 0.4) is 0 Å². The normalized spacial score (nSPS) is 15.4. The van der Waals surface area contributed by atoms with Crippen LogP contribution in [0.5, 0.6) is 11.5 Å². The maximum Gasteiger partial charge on any atom is 0.246 e. The highest BCUT2D eigenvalue weighted by Gasteiger charge is 2.27. The predicted molar refractivity (Wildman–Crippen MR) is 149 cm³/mol. The molecule has 40 heavy (non-hydrogen) atoms. The van der Waals surface area contributed by atoms with Crippen molar-refractivity contribution in [2.45, 2.75) is 13.0 Å². The molecule has 11 nitrogen and oxygen atoms in total. The second-order valence-electron chi connectivity index (χ2n) is 9.21. The van der Waals surface area contributed by atoms with E-state index in [9.17, 15) is 4.79 Å². The summed E-state index contributed by atoms with van der Waals surface area (Å²) in [6, 6.07) is 9.67. The summed E-state index contributed by atoms with van der Waals surface area (Å²) in [5, 5.41) is 7.24. The minimum atomic E-state index is -0.595. The number of pyridine rings is 2. The van der Waals surface area contributed by atoms with Crippen LogP contribution >= 0.6 is 11.6 Å². The fourth-order valence-electron chi connectivity index (χ4n) is 4.63. The molecular formula is C27H23ClFN9O2. The molecule has 6 rings (SSSR count). The number of nitrogens with one attached hydrogen (secondary N) is 1. The number of anilines is 3. The van der Waals surface area contributed by atoms with Crippen molar-refractivity contribution in [1.29, 1.82) is 0 Å². The highest BCUT2D eigenvalue weighted by atomic mass is 35.5. The van der Waals surface area contributed by atoms with E-state index >= 15 is 4.39 Å². The molecule has 1 aliphatic heterocycles. The average Bonchev–Trinajstić information content (AvgIpc) is 3.43. The van der Waals surface area contributed by atoms with Gasteiger partial charge in [0.25, 0.3) is 0 Å². The number of carbonyl (C=O) groups excluding carboxylic acids is 1. The fourth-order valence-corrected chi connectivity index (χ4v) is 4.83. The first kappa shape index (κ1) is 25.4. The number of nitrogens with zero attached hydrogens (tertiary/aromatic N) is 8. The van der Waals surface area contributed by atoms with Crippen molar-refractivity contribution in [2.75, 3.05) is 29.9 Å². The summed E-state index contributed by atoms with van der Waals surface area (Å²) in [7, 11) is 0. The average molecular weight is 560 g/mol. The molecule has 1 saturated heterocycles. The summed E-state index contributed by atoms with van der Waals surface area (Å²) in [6.07, 6.45) is 5.82. The standard InChI is InChI=1S/C27H23ClFN9O2/c1-3-25(39)37-9-8-36(13-16(37)2)23-5-4-20-26(35-23)27(32-14-30-20)34-21-11-18(28)22(12-19(21)29)40-17-6-7-38-24(10-17)31-15-33-38/h3-7,10-12,14-16H,1,8-9,13H2,2H3,(H,30,32,34)/t16-/m0/s1. The lowest BCUT2D eigenvalue weighted by Crippen LogP contribution is -2.53. The summed E-state index contributed by atoms with van der Waals surface area (Å²) >= 11 is 6.46. The number of rotatable bonds is 6. The van der Waals surface area contributed by atoms with Gasteiger partial charge in [0, 0.05) is 44.0 Å². The largest absolute Gasteiger partial charge is 0.455 e. The van der Waals surface area contributed by atoms with Gasteiger partial charge in [0.2, 0.25) is 5.91 Å². The molecule has 1 amide bonds. The Morgan fingerprint density at radius 1 is 1.18 bits per heavy atom. The van der Waals surface area contributed by atoms with E-state index in [-0.39, 0.29) is 28.4 Å². The molecule has 0 unspecified atom stereocenters. The molecule has 1 fully saturated rings. The molecule has 5 aromatic rings. The lowest BCUT2D eigenvalue weighted by atomic mass is 10.2. The molecule has 13 heteroatoms. The minimum absolute atomic E-state index is 0.0170. The van der Waals surface area contributed by atoms with Crippen LogP contribution in [0.15, 0.2) is 67.9 Å². The molecule has 4 aromatic heterocycles. The van der Waals surface area contributed by atoms with E-state index in [2.05, 4.69) is 36.8 Å². The first-order chi connectivity index (χ1) is 19.4. The molecule has 0 aliphatic carbocycles. The molecule has 0 spiro atoms. The summed E-state index contributed by atoms with van der Waals surface area (Å²) in [5.41, 5.74) is 1.74. The van der Waals surface area contributed by atoms with Crippen molar-refractivity contribution >= 4 is 51.5 Å². The third kappa shape index (κ3) is 4.84. The van der Waals surface area contributed by atoms with Crippen molar-refractivity contribution in [2.24, 2.45) is 0 Å². The molecule has 1 aliphatic rings. The Morgan fingerprint density at radius 2 is 2.05 bits per heavy atom. The highest BCUT2D eigenvalue weighted by molar-refractivity contribution is 6.32. The van der Waals surface area contributed by atoms with Crippen molar-refractivity contribution in [3.8, 4) is 11.5 Å². The smallest absolute Gasteiger partial charge is 0.246 e. The predicted octanol–water partition coefficient (Wildman–Crippen LogP) is 4.62. The molecule has 5 heterocycles. The molecular weight excluding hydrogens is 537 g/mol. The summed E-state index contributed by atoms with van der Waals surface area (Å²) in [4.78, 5) is 33.5. The van der Waals surface area contributed by atoms with Gasteiger partial charge in [-0.05, 0) is 37.3 Å². The molecule has 0 saturated carbocycles. The topological polar surface area (TPSA) is 114 Å². The van der Waals surface area contributed by atoms with Gasteiger partial charge in [-0.3, -0.25) is 4.79 Å². The van der Waals surface area contributed by atoms with E-state index in [0.29, 0.717) is 53.7 Å². The molecule has 1 aromatic carbocycles. The summed E-state index contributed by atoms with van der Waals surface area (Å²) in [6.45, 7) is 7.32. The van der Waals surface area contributed by atoms with Crippen molar-refractivity contribution < 1.29 is 13.9 Å². The van der Waals surface area contributed by atoms with Crippen LogP contribution in [0.25, 0.3) is 16.7 Å². The van der Waals surface area contributed by atoms with Gasteiger partial charge in [-0.2, -0.15) is 5.10 Å². The Labute approximate surface area is 232 Å². The van der Waals surface area contributed by atoms with Gasteiger partial charge in [-0.15, -0.1) is 0 Å². The van der Waals surface area contributed by atoms with E-state index in [0.717, 1.165) is 0 Å². The second kappa shape index (κ2) is 10.4. The Kier molecular flexibility index (Phi) is 6.60. The second-order valence-corrected chi connectivity index (χ2v) is 9.61. The van der Waals surface area contributed by atoms with E-state index in [1.807, 2.05) is 19.1 Å². The van der Waals surface area contributed by atoms with E-state index in [1.54, 1.807) is 27.7 Å². The van der Waals surface area contributed by atoms with E-state index in [1.165, 1.54) is 30.9 Å². The van der Waals surface area contributed by atoms with Crippen molar-refractivity contribution in [3.05, 3.63) is 78.7 Å². The number of carbonyl (C=O) groups is 1. The van der Waals surface area contributed by atoms with Crippen LogP contribution in [0.4, 0.5) is 21.7 Å².